The smallest absolute Gasteiger partial charge is 0.0672 e. The van der Waals surface area contributed by atoms with Crippen molar-refractivity contribution in [3.63, 3.8) is 0 Å². The van der Waals surface area contributed by atoms with Gasteiger partial charge in [0.25, 0.3) is 0 Å². The summed E-state index contributed by atoms with van der Waals surface area (Å²) in [5.41, 5.74) is 10.9. The molecule has 0 aliphatic rings. The third-order valence-corrected chi connectivity index (χ3v) is 4.62. The molecule has 21 heavy (non-hydrogen) atoms. The molecule has 2 unspecified atom stereocenters. The largest absolute Gasteiger partial charge is 0.326 e. The molecule has 5 heteroatoms. The normalized spacial score (nSPS) is 16.0. The number of hydrogen-bond acceptors (Lipinski definition) is 5. The molecule has 0 saturated carbocycles. The maximum atomic E-state index is 5.55. The van der Waals surface area contributed by atoms with E-state index in [0.29, 0.717) is 6.04 Å². The molecular weight excluding hydrogens is 262 g/mol. The van der Waals surface area contributed by atoms with E-state index in [9.17, 15) is 0 Å². The summed E-state index contributed by atoms with van der Waals surface area (Å²) in [7, 11) is 10.7. The van der Waals surface area contributed by atoms with E-state index in [-0.39, 0.29) is 17.2 Å². The van der Waals surface area contributed by atoms with Crippen molar-refractivity contribution in [2.45, 2.75) is 64.8 Å². The van der Waals surface area contributed by atoms with Gasteiger partial charge in [-0.2, -0.15) is 0 Å². The number of rotatable bonds is 6. The molecule has 0 heterocycles. The Labute approximate surface area is 133 Å². The standard InChI is InChI=1S/C11H27N3.C5H14N2/c1-10(12(4)5)9-14(8)11(2,3)13(6)7;1-4(6)5(2,3)7/h10H,9H2,1-8H3;4H,6-7H2,1-3H3. The summed E-state index contributed by atoms with van der Waals surface area (Å²) >= 11 is 0. The highest BCUT2D eigenvalue weighted by molar-refractivity contribution is 4.81. The second-order valence-corrected chi connectivity index (χ2v) is 7.69. The van der Waals surface area contributed by atoms with Gasteiger partial charge in [-0.3, -0.25) is 9.80 Å². The van der Waals surface area contributed by atoms with Gasteiger partial charge >= 0.3 is 0 Å². The lowest BCUT2D eigenvalue weighted by Gasteiger charge is -2.43. The highest BCUT2D eigenvalue weighted by Gasteiger charge is 2.26. The van der Waals surface area contributed by atoms with Crippen molar-refractivity contribution in [3.8, 4) is 0 Å². The molecule has 5 nitrogen and oxygen atoms in total. The van der Waals surface area contributed by atoms with E-state index < -0.39 is 0 Å². The highest BCUT2D eigenvalue weighted by Crippen LogP contribution is 2.15. The Bertz CT molecular complexity index is 266. The SMILES string of the molecule is CC(CN(C)C(C)(C)N(C)C)N(C)C.CC(N)C(C)(C)N. The van der Waals surface area contributed by atoms with Gasteiger partial charge in [0.2, 0.25) is 0 Å². The van der Waals surface area contributed by atoms with Crippen LogP contribution in [-0.4, -0.2) is 79.8 Å². The Hall–Kier alpha value is -0.200. The van der Waals surface area contributed by atoms with E-state index in [1.165, 1.54) is 0 Å². The number of hydrogen-bond donors (Lipinski definition) is 2. The van der Waals surface area contributed by atoms with Crippen molar-refractivity contribution < 1.29 is 0 Å². The minimum absolute atomic E-state index is 0.0764. The van der Waals surface area contributed by atoms with Crippen LogP contribution >= 0.6 is 0 Å². The zero-order valence-corrected chi connectivity index (χ0v) is 16.4. The molecule has 0 amide bonds. The lowest BCUT2D eigenvalue weighted by molar-refractivity contribution is 0.00680. The van der Waals surface area contributed by atoms with Gasteiger partial charge in [0, 0.05) is 24.2 Å². The predicted octanol–water partition coefficient (Wildman–Crippen LogP) is 1.24. The first-order chi connectivity index (χ1) is 9.13. The van der Waals surface area contributed by atoms with Gasteiger partial charge in [-0.1, -0.05) is 0 Å². The first kappa shape index (κ1) is 23.1. The molecular formula is C16H41N5. The average Bonchev–Trinajstić information content (AvgIpc) is 2.27. The van der Waals surface area contributed by atoms with Crippen LogP contribution in [0.15, 0.2) is 0 Å². The van der Waals surface area contributed by atoms with E-state index in [0.717, 1.165) is 6.54 Å². The fourth-order valence-electron chi connectivity index (χ4n) is 1.12. The lowest BCUT2D eigenvalue weighted by Crippen LogP contribution is -2.54. The second-order valence-electron chi connectivity index (χ2n) is 7.69. The molecule has 0 rings (SSSR count). The van der Waals surface area contributed by atoms with Crippen LogP contribution in [0.25, 0.3) is 0 Å². The van der Waals surface area contributed by atoms with Gasteiger partial charge in [0.15, 0.2) is 0 Å². The number of likely N-dealkylation sites (N-methyl/N-ethyl adjacent to an activating group) is 2. The monoisotopic (exact) mass is 303 g/mol. The molecule has 0 saturated heterocycles. The summed E-state index contributed by atoms with van der Waals surface area (Å²) in [6.45, 7) is 13.6. The van der Waals surface area contributed by atoms with Crippen LogP contribution in [0, 0.1) is 0 Å². The Kier molecular flexibility index (Phi) is 9.95. The summed E-state index contributed by atoms with van der Waals surface area (Å²) < 4.78 is 0. The van der Waals surface area contributed by atoms with Crippen LogP contribution in [0.4, 0.5) is 0 Å². The molecule has 0 aromatic rings. The number of nitrogens with zero attached hydrogens (tertiary/aromatic N) is 3. The molecule has 130 valence electrons. The highest BCUT2D eigenvalue weighted by atomic mass is 15.4. The third-order valence-electron chi connectivity index (χ3n) is 4.62. The molecule has 0 aliphatic heterocycles. The minimum atomic E-state index is -0.222. The van der Waals surface area contributed by atoms with E-state index in [1.54, 1.807) is 0 Å². The van der Waals surface area contributed by atoms with Crippen molar-refractivity contribution in [1.29, 1.82) is 0 Å². The second kappa shape index (κ2) is 9.06. The summed E-state index contributed by atoms with van der Waals surface area (Å²) in [6.07, 6.45) is 0. The maximum absolute atomic E-state index is 5.55. The first-order valence-electron chi connectivity index (χ1n) is 7.73. The minimum Gasteiger partial charge on any atom is -0.326 e. The number of nitrogens with two attached hydrogens (primary N) is 2. The van der Waals surface area contributed by atoms with Gasteiger partial charge < -0.3 is 16.4 Å². The van der Waals surface area contributed by atoms with Crippen molar-refractivity contribution in [3.05, 3.63) is 0 Å². The van der Waals surface area contributed by atoms with Crippen LogP contribution in [0.5, 0.6) is 0 Å². The quantitative estimate of drug-likeness (QED) is 0.723. The summed E-state index contributed by atoms with van der Waals surface area (Å²) in [6, 6.07) is 0.659. The van der Waals surface area contributed by atoms with Gasteiger partial charge in [-0.25, -0.2) is 0 Å². The van der Waals surface area contributed by atoms with Gasteiger partial charge in [0.1, 0.15) is 0 Å². The van der Waals surface area contributed by atoms with E-state index in [2.05, 4.69) is 70.7 Å². The van der Waals surface area contributed by atoms with E-state index in [1.807, 2.05) is 20.8 Å². The third kappa shape index (κ3) is 9.42. The molecule has 4 N–H and O–H groups in total. The van der Waals surface area contributed by atoms with Gasteiger partial charge in [-0.05, 0) is 76.8 Å². The van der Waals surface area contributed by atoms with Crippen LogP contribution in [-0.2, 0) is 0 Å². The molecule has 0 spiro atoms. The van der Waals surface area contributed by atoms with Crippen molar-refractivity contribution in [2.75, 3.05) is 41.8 Å². The molecule has 0 aromatic heterocycles. The zero-order chi connectivity index (χ0) is 17.6. The zero-order valence-electron chi connectivity index (χ0n) is 16.4. The molecule has 2 atom stereocenters. The Morgan fingerprint density at radius 1 is 0.905 bits per heavy atom. The molecule has 0 aliphatic carbocycles. The Balaban J connectivity index is 0. The summed E-state index contributed by atoms with van der Waals surface area (Å²) in [5.74, 6) is 0. The van der Waals surface area contributed by atoms with Gasteiger partial charge in [0.05, 0.1) is 5.66 Å². The van der Waals surface area contributed by atoms with Crippen molar-refractivity contribution in [2.24, 2.45) is 11.5 Å². The van der Waals surface area contributed by atoms with Gasteiger partial charge in [-0.15, -0.1) is 0 Å². The Morgan fingerprint density at radius 2 is 1.24 bits per heavy atom. The van der Waals surface area contributed by atoms with E-state index in [4.69, 9.17) is 11.5 Å². The fourth-order valence-corrected chi connectivity index (χ4v) is 1.12. The fraction of sp³-hybridized carbons (Fsp3) is 1.00. The average molecular weight is 304 g/mol. The van der Waals surface area contributed by atoms with Crippen LogP contribution in [0.1, 0.15) is 41.5 Å². The Morgan fingerprint density at radius 3 is 1.43 bits per heavy atom. The van der Waals surface area contributed by atoms with Crippen LogP contribution < -0.4 is 11.5 Å². The molecule has 0 bridgehead atoms. The van der Waals surface area contributed by atoms with Crippen molar-refractivity contribution >= 4 is 0 Å². The van der Waals surface area contributed by atoms with E-state index >= 15 is 0 Å². The summed E-state index contributed by atoms with van der Waals surface area (Å²) in [5, 5.41) is 0. The topological polar surface area (TPSA) is 61.8 Å². The lowest BCUT2D eigenvalue weighted by atomic mass is 9.99. The maximum Gasteiger partial charge on any atom is 0.0672 e. The molecule has 0 aromatic carbocycles. The molecule has 0 fully saturated rings. The summed E-state index contributed by atoms with van der Waals surface area (Å²) in [4.78, 5) is 6.88. The predicted molar refractivity (Wildman–Crippen MR) is 95.5 cm³/mol. The van der Waals surface area contributed by atoms with Crippen LogP contribution in [0.2, 0.25) is 0 Å². The molecule has 0 radical (unpaired) electrons. The first-order valence-corrected chi connectivity index (χ1v) is 7.73. The van der Waals surface area contributed by atoms with Crippen LogP contribution in [0.3, 0.4) is 0 Å². The van der Waals surface area contributed by atoms with Crippen molar-refractivity contribution in [1.82, 2.24) is 14.7 Å².